The smallest absolute Gasteiger partial charge is 0.0577 e. The van der Waals surface area contributed by atoms with Gasteiger partial charge in [-0.05, 0) is 6.42 Å². The summed E-state index contributed by atoms with van der Waals surface area (Å²) in [4.78, 5) is 0. The summed E-state index contributed by atoms with van der Waals surface area (Å²) in [6.07, 6.45) is 0.702. The van der Waals surface area contributed by atoms with Gasteiger partial charge in [-0.1, -0.05) is 29.5 Å². The molecule has 0 aliphatic heterocycles. The lowest BCUT2D eigenvalue weighted by atomic mass is 10.5. The van der Waals surface area contributed by atoms with Crippen LogP contribution in [0.2, 0.25) is 0 Å². The van der Waals surface area contributed by atoms with Gasteiger partial charge in [0, 0.05) is 0 Å². The first kappa shape index (κ1) is 3.87. The number of alkyl halides is 1. The Kier molecular flexibility index (Phi) is 2.24. The summed E-state index contributed by atoms with van der Waals surface area (Å²) < 4.78 is 6.21. The fraction of sp³-hybridized carbons (Fsp3) is 1.00. The number of hydrogen-bond acceptors (Lipinski definition) is 1. The van der Waals surface area contributed by atoms with E-state index < -0.39 is 4.02 Å². The predicted octanol–water partition coefficient (Wildman–Crippen LogP) is 1.12. The minimum atomic E-state index is -0.738. The first-order chi connectivity index (χ1) is 2.56. The zero-order valence-corrected chi connectivity index (χ0v) is 5.32. The van der Waals surface area contributed by atoms with Crippen molar-refractivity contribution in [1.29, 1.82) is 0 Å². The number of halogens is 1. The summed E-state index contributed by atoms with van der Waals surface area (Å²) in [5.41, 5.74) is 5.19. The SMILES string of the molecule is [2H]C(N)(I)CC. The van der Waals surface area contributed by atoms with Crippen LogP contribution < -0.4 is 5.73 Å². The summed E-state index contributed by atoms with van der Waals surface area (Å²) >= 11 is 1.89. The number of rotatable bonds is 1. The first-order valence-electron chi connectivity index (χ1n) is 2.04. The Hall–Kier alpha value is 0.690. The standard InChI is InChI=1S/C3H8IN/c1-2-3(4)5/h3H,2,5H2,1H3/i3D. The molecule has 5 heavy (non-hydrogen) atoms. The molecule has 0 bridgehead atoms. The fourth-order valence-corrected chi connectivity index (χ4v) is 0. The predicted molar refractivity (Wildman–Crippen MR) is 32.3 cm³/mol. The average Bonchev–Trinajstić information content (AvgIpc) is 1.35. The maximum absolute atomic E-state index is 6.94. The van der Waals surface area contributed by atoms with Crippen molar-refractivity contribution in [2.24, 2.45) is 5.73 Å². The lowest BCUT2D eigenvalue weighted by Crippen LogP contribution is -2.07. The van der Waals surface area contributed by atoms with Crippen LogP contribution in [0.15, 0.2) is 0 Å². The summed E-state index contributed by atoms with van der Waals surface area (Å²) in [5.74, 6) is 0. The van der Waals surface area contributed by atoms with Gasteiger partial charge in [0.1, 0.15) is 0 Å². The van der Waals surface area contributed by atoms with E-state index in [2.05, 4.69) is 0 Å². The van der Waals surface area contributed by atoms with E-state index in [0.717, 1.165) is 0 Å². The van der Waals surface area contributed by atoms with Crippen LogP contribution in [0.1, 0.15) is 14.7 Å². The van der Waals surface area contributed by atoms with Gasteiger partial charge in [0.15, 0.2) is 0 Å². The molecule has 0 saturated heterocycles. The Balaban J connectivity index is 3.17. The fourth-order valence-electron chi connectivity index (χ4n) is 0. The van der Waals surface area contributed by atoms with Gasteiger partial charge in [0.2, 0.25) is 0 Å². The van der Waals surface area contributed by atoms with Gasteiger partial charge in [-0.2, -0.15) is 0 Å². The van der Waals surface area contributed by atoms with Crippen LogP contribution in [-0.2, 0) is 0 Å². The van der Waals surface area contributed by atoms with Crippen molar-refractivity contribution in [3.8, 4) is 0 Å². The highest BCUT2D eigenvalue weighted by Crippen LogP contribution is 1.92. The molecular weight excluding hydrogens is 177 g/mol. The molecule has 0 aliphatic rings. The summed E-state index contributed by atoms with van der Waals surface area (Å²) in [6.45, 7) is 1.89. The summed E-state index contributed by atoms with van der Waals surface area (Å²) in [5, 5.41) is 0. The van der Waals surface area contributed by atoms with Crippen molar-refractivity contribution in [2.75, 3.05) is 0 Å². The van der Waals surface area contributed by atoms with Crippen LogP contribution in [0, 0.1) is 0 Å². The van der Waals surface area contributed by atoms with Gasteiger partial charge in [-0.15, -0.1) is 0 Å². The second-order valence-electron chi connectivity index (χ2n) is 0.800. The van der Waals surface area contributed by atoms with Crippen molar-refractivity contribution in [3.05, 3.63) is 0 Å². The number of nitrogens with two attached hydrogens (primary N) is 1. The van der Waals surface area contributed by atoms with Crippen LogP contribution in [0.5, 0.6) is 0 Å². The molecule has 1 atom stereocenters. The molecule has 0 aromatic heterocycles. The quantitative estimate of drug-likeness (QED) is 0.370. The van der Waals surface area contributed by atoms with Crippen molar-refractivity contribution >= 4 is 22.6 Å². The molecule has 2 heteroatoms. The van der Waals surface area contributed by atoms with Gasteiger partial charge in [0.05, 0.1) is 5.40 Å². The van der Waals surface area contributed by atoms with Crippen molar-refractivity contribution in [1.82, 2.24) is 0 Å². The van der Waals surface area contributed by atoms with Gasteiger partial charge in [0.25, 0.3) is 0 Å². The third-order valence-corrected chi connectivity index (χ3v) is 1.10. The van der Waals surface area contributed by atoms with E-state index in [9.17, 15) is 0 Å². The second-order valence-corrected chi connectivity index (χ2v) is 2.19. The third kappa shape index (κ3) is 4.69. The molecule has 0 aliphatic carbocycles. The molecule has 0 amide bonds. The largest absolute Gasteiger partial charge is 0.320 e. The molecule has 0 radical (unpaired) electrons. The lowest BCUT2D eigenvalue weighted by Gasteiger charge is -1.89. The van der Waals surface area contributed by atoms with E-state index in [1.165, 1.54) is 0 Å². The first-order valence-corrected chi connectivity index (χ1v) is 2.62. The molecule has 0 saturated carbocycles. The van der Waals surface area contributed by atoms with Gasteiger partial charge in [-0.3, -0.25) is 0 Å². The van der Waals surface area contributed by atoms with Gasteiger partial charge in [-0.25, -0.2) is 0 Å². The Morgan fingerprint density at radius 1 is 2.40 bits per heavy atom. The normalized spacial score (nSPS) is 24.2. The summed E-state index contributed by atoms with van der Waals surface area (Å²) in [7, 11) is 0. The Labute approximate surface area is 47.5 Å². The highest BCUT2D eigenvalue weighted by atomic mass is 127. The monoisotopic (exact) mass is 186 g/mol. The maximum Gasteiger partial charge on any atom is 0.0577 e. The van der Waals surface area contributed by atoms with Crippen LogP contribution in [0.4, 0.5) is 0 Å². The van der Waals surface area contributed by atoms with E-state index in [-0.39, 0.29) is 0 Å². The zero-order chi connectivity index (χ0) is 5.21. The van der Waals surface area contributed by atoms with E-state index >= 15 is 0 Å². The van der Waals surface area contributed by atoms with E-state index in [1.807, 2.05) is 29.5 Å². The van der Waals surface area contributed by atoms with Crippen LogP contribution in [0.3, 0.4) is 0 Å². The highest BCUT2D eigenvalue weighted by Gasteiger charge is 1.82. The minimum Gasteiger partial charge on any atom is -0.320 e. The summed E-state index contributed by atoms with van der Waals surface area (Å²) in [6, 6.07) is 0. The molecule has 0 aromatic rings. The Morgan fingerprint density at radius 2 is 2.60 bits per heavy atom. The molecule has 1 unspecified atom stereocenters. The maximum atomic E-state index is 6.94. The molecule has 0 rings (SSSR count). The topological polar surface area (TPSA) is 26.0 Å². The molecule has 1 nitrogen and oxygen atoms in total. The molecule has 0 spiro atoms. The lowest BCUT2D eigenvalue weighted by molar-refractivity contribution is 0.900. The van der Waals surface area contributed by atoms with E-state index in [1.54, 1.807) is 0 Å². The van der Waals surface area contributed by atoms with E-state index in [4.69, 9.17) is 7.10 Å². The highest BCUT2D eigenvalue weighted by molar-refractivity contribution is 14.1. The average molecular weight is 186 g/mol. The van der Waals surface area contributed by atoms with Gasteiger partial charge < -0.3 is 5.73 Å². The molecule has 0 heterocycles. The minimum absolute atomic E-state index is 0.702. The Morgan fingerprint density at radius 3 is 2.60 bits per heavy atom. The second kappa shape index (κ2) is 2.90. The Bertz CT molecular complexity index is 40.5. The van der Waals surface area contributed by atoms with Crippen LogP contribution in [-0.4, -0.2) is 4.02 Å². The van der Waals surface area contributed by atoms with Crippen molar-refractivity contribution in [2.45, 2.75) is 17.4 Å². The number of hydrogen-bond donors (Lipinski definition) is 1. The van der Waals surface area contributed by atoms with Crippen LogP contribution in [0.25, 0.3) is 0 Å². The molecule has 0 aromatic carbocycles. The molecular formula is C3H8IN. The van der Waals surface area contributed by atoms with Crippen molar-refractivity contribution < 1.29 is 1.37 Å². The van der Waals surface area contributed by atoms with Crippen molar-refractivity contribution in [3.63, 3.8) is 0 Å². The van der Waals surface area contributed by atoms with Gasteiger partial charge >= 0.3 is 0 Å². The zero-order valence-electron chi connectivity index (χ0n) is 4.16. The third-order valence-electron chi connectivity index (χ3n) is 0.338. The van der Waals surface area contributed by atoms with E-state index in [0.29, 0.717) is 6.42 Å². The molecule has 32 valence electrons. The molecule has 2 N–H and O–H groups in total. The van der Waals surface area contributed by atoms with Crippen LogP contribution >= 0.6 is 22.6 Å². The molecule has 0 fully saturated rings.